The molecule has 2 heterocycles. The largest absolute Gasteiger partial charge is 0.449 e. The Morgan fingerprint density at radius 2 is 2.11 bits per heavy atom. The molecule has 102 valence electrons. The molecule has 5 heteroatoms. The quantitative estimate of drug-likeness (QED) is 0.778. The normalized spacial score (nSPS) is 27.2. The number of morpholine rings is 1. The van der Waals surface area contributed by atoms with Crippen LogP contribution in [0.25, 0.3) is 0 Å². The lowest BCUT2D eigenvalue weighted by Crippen LogP contribution is -2.44. The van der Waals surface area contributed by atoms with Gasteiger partial charge in [-0.2, -0.15) is 0 Å². The van der Waals surface area contributed by atoms with E-state index in [0.29, 0.717) is 17.1 Å². The van der Waals surface area contributed by atoms with Crippen molar-refractivity contribution in [2.45, 2.75) is 12.5 Å². The predicted molar refractivity (Wildman–Crippen MR) is 71.5 cm³/mol. The van der Waals surface area contributed by atoms with E-state index in [1.165, 1.54) is 0 Å². The summed E-state index contributed by atoms with van der Waals surface area (Å²) in [6.45, 7) is 5.86. The van der Waals surface area contributed by atoms with E-state index in [4.69, 9.17) is 21.1 Å². The van der Waals surface area contributed by atoms with Crippen LogP contribution in [-0.4, -0.2) is 43.7 Å². The zero-order valence-corrected chi connectivity index (χ0v) is 11.6. The van der Waals surface area contributed by atoms with Gasteiger partial charge in [0, 0.05) is 30.2 Å². The molecule has 2 aliphatic rings. The third kappa shape index (κ3) is 2.36. The van der Waals surface area contributed by atoms with Gasteiger partial charge < -0.3 is 9.47 Å². The number of hydrogen-bond donors (Lipinski definition) is 0. The Morgan fingerprint density at radius 3 is 2.84 bits per heavy atom. The molecular formula is C14H16ClNO3. The number of ether oxygens (including phenoxy) is 2. The molecule has 0 saturated carbocycles. The van der Waals surface area contributed by atoms with Gasteiger partial charge in [0.05, 0.1) is 18.8 Å². The fourth-order valence-electron chi connectivity index (χ4n) is 2.76. The third-order valence-corrected chi connectivity index (χ3v) is 3.95. The van der Waals surface area contributed by atoms with Gasteiger partial charge in [-0.05, 0) is 19.1 Å². The predicted octanol–water partition coefficient (Wildman–Crippen LogP) is 2.06. The van der Waals surface area contributed by atoms with Crippen molar-refractivity contribution in [1.82, 2.24) is 4.90 Å². The van der Waals surface area contributed by atoms with E-state index in [0.717, 1.165) is 31.9 Å². The maximum atomic E-state index is 12.0. The van der Waals surface area contributed by atoms with E-state index < -0.39 is 5.60 Å². The van der Waals surface area contributed by atoms with Crippen LogP contribution in [-0.2, 0) is 15.1 Å². The highest BCUT2D eigenvalue weighted by Crippen LogP contribution is 2.38. The van der Waals surface area contributed by atoms with Crippen molar-refractivity contribution in [2.75, 3.05) is 32.8 Å². The van der Waals surface area contributed by atoms with Crippen LogP contribution >= 0.6 is 11.6 Å². The van der Waals surface area contributed by atoms with Crippen molar-refractivity contribution < 1.29 is 14.3 Å². The number of hydrogen-bond acceptors (Lipinski definition) is 4. The third-order valence-electron chi connectivity index (χ3n) is 3.72. The first-order chi connectivity index (χ1) is 9.08. The van der Waals surface area contributed by atoms with Crippen LogP contribution in [0.1, 0.15) is 22.8 Å². The van der Waals surface area contributed by atoms with Gasteiger partial charge in [0.2, 0.25) is 0 Å². The standard InChI is InChI=1S/C14H16ClNO3/c1-14(9-16-4-6-18-7-5-16)12-3-2-10(15)8-11(12)13(17)19-14/h2-3,8H,4-7,9H2,1H3. The maximum Gasteiger partial charge on any atom is 0.339 e. The number of carbonyl (C=O) groups is 1. The minimum absolute atomic E-state index is 0.284. The van der Waals surface area contributed by atoms with Crippen molar-refractivity contribution in [3.63, 3.8) is 0 Å². The molecule has 0 aromatic heterocycles. The van der Waals surface area contributed by atoms with E-state index in [1.54, 1.807) is 12.1 Å². The number of benzene rings is 1. The van der Waals surface area contributed by atoms with Crippen LogP contribution < -0.4 is 0 Å². The second-order valence-electron chi connectivity index (χ2n) is 5.20. The minimum Gasteiger partial charge on any atom is -0.449 e. The molecule has 0 radical (unpaired) electrons. The first kappa shape index (κ1) is 12.9. The molecule has 4 nitrogen and oxygen atoms in total. The SMILES string of the molecule is CC1(CN2CCOCC2)OC(=O)c2cc(Cl)ccc21. The van der Waals surface area contributed by atoms with Gasteiger partial charge in [-0.3, -0.25) is 4.90 Å². The Morgan fingerprint density at radius 1 is 1.37 bits per heavy atom. The molecule has 0 N–H and O–H groups in total. The fraction of sp³-hybridized carbons (Fsp3) is 0.500. The van der Waals surface area contributed by atoms with Gasteiger partial charge in [-0.1, -0.05) is 17.7 Å². The lowest BCUT2D eigenvalue weighted by atomic mass is 9.93. The second-order valence-corrected chi connectivity index (χ2v) is 5.64. The molecule has 0 bridgehead atoms. The molecule has 1 unspecified atom stereocenters. The zero-order chi connectivity index (χ0) is 13.5. The molecule has 2 aliphatic heterocycles. The molecule has 0 amide bonds. The highest BCUT2D eigenvalue weighted by molar-refractivity contribution is 6.31. The average Bonchev–Trinajstić information content (AvgIpc) is 2.62. The highest BCUT2D eigenvalue weighted by atomic mass is 35.5. The molecule has 0 spiro atoms. The number of fused-ring (bicyclic) bond motifs is 1. The summed E-state index contributed by atoms with van der Waals surface area (Å²) in [5.41, 5.74) is 0.922. The number of cyclic esters (lactones) is 1. The Hall–Kier alpha value is -1.10. The van der Waals surface area contributed by atoms with E-state index in [9.17, 15) is 4.79 Å². The van der Waals surface area contributed by atoms with Gasteiger partial charge in [0.15, 0.2) is 0 Å². The molecule has 1 atom stereocenters. The van der Waals surface area contributed by atoms with Crippen LogP contribution in [0.4, 0.5) is 0 Å². The van der Waals surface area contributed by atoms with Gasteiger partial charge in [-0.15, -0.1) is 0 Å². The molecule has 1 fully saturated rings. The van der Waals surface area contributed by atoms with Crippen LogP contribution in [0.3, 0.4) is 0 Å². The first-order valence-electron chi connectivity index (χ1n) is 6.42. The van der Waals surface area contributed by atoms with Crippen LogP contribution in [0, 0.1) is 0 Å². The molecule has 0 aliphatic carbocycles. The molecular weight excluding hydrogens is 266 g/mol. The van der Waals surface area contributed by atoms with E-state index in [1.807, 2.05) is 13.0 Å². The minimum atomic E-state index is -0.589. The Labute approximate surface area is 117 Å². The lowest BCUT2D eigenvalue weighted by Gasteiger charge is -2.34. The molecule has 1 aromatic carbocycles. The summed E-state index contributed by atoms with van der Waals surface area (Å²) >= 11 is 5.94. The van der Waals surface area contributed by atoms with Crippen molar-refractivity contribution in [3.05, 3.63) is 34.3 Å². The summed E-state index contributed by atoms with van der Waals surface area (Å²) in [7, 11) is 0. The number of carbonyl (C=O) groups excluding carboxylic acids is 1. The summed E-state index contributed by atoms with van der Waals surface area (Å²) in [4.78, 5) is 14.2. The van der Waals surface area contributed by atoms with Crippen molar-refractivity contribution in [3.8, 4) is 0 Å². The molecule has 3 rings (SSSR count). The van der Waals surface area contributed by atoms with Gasteiger partial charge in [-0.25, -0.2) is 4.79 Å². The van der Waals surface area contributed by atoms with Gasteiger partial charge >= 0.3 is 5.97 Å². The Bertz CT molecular complexity index is 513. The van der Waals surface area contributed by atoms with E-state index in [2.05, 4.69) is 4.90 Å². The summed E-state index contributed by atoms with van der Waals surface area (Å²) in [6.07, 6.45) is 0. The van der Waals surface area contributed by atoms with Gasteiger partial charge in [0.1, 0.15) is 5.60 Å². The zero-order valence-electron chi connectivity index (χ0n) is 10.8. The van der Waals surface area contributed by atoms with Gasteiger partial charge in [0.25, 0.3) is 0 Å². The number of rotatable bonds is 2. The summed E-state index contributed by atoms with van der Waals surface area (Å²) < 4.78 is 10.9. The smallest absolute Gasteiger partial charge is 0.339 e. The number of halogens is 1. The second kappa shape index (κ2) is 4.78. The topological polar surface area (TPSA) is 38.8 Å². The summed E-state index contributed by atoms with van der Waals surface area (Å²) in [5.74, 6) is -0.284. The Balaban J connectivity index is 1.87. The highest BCUT2D eigenvalue weighted by Gasteiger charge is 2.42. The van der Waals surface area contributed by atoms with Crippen molar-refractivity contribution in [2.24, 2.45) is 0 Å². The van der Waals surface area contributed by atoms with Crippen LogP contribution in [0.15, 0.2) is 18.2 Å². The van der Waals surface area contributed by atoms with Crippen molar-refractivity contribution >= 4 is 17.6 Å². The lowest BCUT2D eigenvalue weighted by molar-refractivity contribution is -0.0375. The van der Waals surface area contributed by atoms with E-state index in [-0.39, 0.29) is 5.97 Å². The number of esters is 1. The number of nitrogens with zero attached hydrogens (tertiary/aromatic N) is 1. The van der Waals surface area contributed by atoms with Crippen LogP contribution in [0.5, 0.6) is 0 Å². The first-order valence-corrected chi connectivity index (χ1v) is 6.80. The summed E-state index contributed by atoms with van der Waals surface area (Å²) in [6, 6.07) is 5.38. The Kier molecular flexibility index (Phi) is 3.25. The maximum absolute atomic E-state index is 12.0. The van der Waals surface area contributed by atoms with E-state index >= 15 is 0 Å². The molecule has 1 saturated heterocycles. The monoisotopic (exact) mass is 281 g/mol. The molecule has 19 heavy (non-hydrogen) atoms. The van der Waals surface area contributed by atoms with Crippen LogP contribution in [0.2, 0.25) is 5.02 Å². The summed E-state index contributed by atoms with van der Waals surface area (Å²) in [5, 5.41) is 0.561. The average molecular weight is 282 g/mol. The van der Waals surface area contributed by atoms with Crippen molar-refractivity contribution in [1.29, 1.82) is 0 Å². The fourth-order valence-corrected chi connectivity index (χ4v) is 2.94. The molecule has 1 aromatic rings.